The van der Waals surface area contributed by atoms with Gasteiger partial charge in [0.1, 0.15) is 5.82 Å². The first-order valence-electron chi connectivity index (χ1n) is 12.2. The lowest BCUT2D eigenvalue weighted by molar-refractivity contribution is 0.0712. The second-order valence-electron chi connectivity index (χ2n) is 9.83. The van der Waals surface area contributed by atoms with Gasteiger partial charge in [0.05, 0.1) is 5.69 Å². The molecule has 5 heteroatoms. The number of nitrogens with zero attached hydrogens (tertiary/aromatic N) is 2. The summed E-state index contributed by atoms with van der Waals surface area (Å²) in [6.07, 6.45) is 2.99. The highest BCUT2D eigenvalue weighted by atomic mass is 16.2. The number of amides is 1. The van der Waals surface area contributed by atoms with E-state index in [2.05, 4.69) is 67.5 Å². The molecule has 2 N–H and O–H groups in total. The van der Waals surface area contributed by atoms with Crippen molar-refractivity contribution in [3.05, 3.63) is 75.6 Å². The Morgan fingerprint density at radius 1 is 1.03 bits per heavy atom. The number of hydrogen-bond acceptors (Lipinski definition) is 3. The minimum absolute atomic E-state index is 0.141. The number of carbonyl (C=O) groups is 1. The van der Waals surface area contributed by atoms with Crippen LogP contribution in [0.3, 0.4) is 0 Å². The van der Waals surface area contributed by atoms with Gasteiger partial charge in [-0.15, -0.1) is 0 Å². The maximum absolute atomic E-state index is 13.5. The smallest absolute Gasteiger partial charge is 0.254 e. The first-order valence-corrected chi connectivity index (χ1v) is 12.2. The second kappa shape index (κ2) is 8.79. The highest BCUT2D eigenvalue weighted by molar-refractivity contribution is 5.97. The Kier molecular flexibility index (Phi) is 5.83. The number of H-pyrrole nitrogens is 1. The average molecular weight is 443 g/mol. The minimum atomic E-state index is 0.141. The van der Waals surface area contributed by atoms with Crippen LogP contribution < -0.4 is 5.32 Å². The number of hydrogen-bond donors (Lipinski definition) is 2. The number of aromatic amines is 1. The molecule has 1 saturated heterocycles. The van der Waals surface area contributed by atoms with E-state index in [1.165, 1.54) is 16.8 Å². The zero-order chi connectivity index (χ0) is 23.1. The zero-order valence-corrected chi connectivity index (χ0v) is 20.2. The standard InChI is InChI=1S/C28H34N4O/c1-17-5-7-21(8-6-17)22-10-13-32(14-11-22)28(33)24-16-23(18(2)15-19(24)3)27-30-25-9-12-29-20(4)26(25)31-27/h5-8,15-16,20,22,29H,9-14H2,1-4H3,(H,30,31). The maximum atomic E-state index is 13.5. The fourth-order valence-electron chi connectivity index (χ4n) is 5.37. The van der Waals surface area contributed by atoms with E-state index >= 15 is 0 Å². The van der Waals surface area contributed by atoms with E-state index in [-0.39, 0.29) is 11.9 Å². The van der Waals surface area contributed by atoms with Crippen LogP contribution in [0.25, 0.3) is 11.4 Å². The topological polar surface area (TPSA) is 61.0 Å². The van der Waals surface area contributed by atoms with E-state index in [1.54, 1.807) is 0 Å². The molecular weight excluding hydrogens is 408 g/mol. The lowest BCUT2D eigenvalue weighted by Gasteiger charge is -2.33. The molecule has 1 fully saturated rings. The zero-order valence-electron chi connectivity index (χ0n) is 20.2. The summed E-state index contributed by atoms with van der Waals surface area (Å²) in [6.45, 7) is 11.0. The molecule has 2 aliphatic heterocycles. The number of benzene rings is 2. The summed E-state index contributed by atoms with van der Waals surface area (Å²) in [6, 6.07) is 13.3. The van der Waals surface area contributed by atoms with Crippen LogP contribution in [-0.4, -0.2) is 40.4 Å². The van der Waals surface area contributed by atoms with Gasteiger partial charge in [0.15, 0.2) is 0 Å². The Bertz CT molecular complexity index is 1170. The Hall–Kier alpha value is -2.92. The van der Waals surface area contributed by atoms with Crippen LogP contribution >= 0.6 is 0 Å². The number of carbonyl (C=O) groups excluding carboxylic acids is 1. The van der Waals surface area contributed by atoms with Gasteiger partial charge in [-0.25, -0.2) is 4.98 Å². The maximum Gasteiger partial charge on any atom is 0.254 e. The predicted octanol–water partition coefficient (Wildman–Crippen LogP) is 5.23. The molecule has 3 aromatic rings. The SMILES string of the molecule is Cc1ccc(C2CCN(C(=O)c3cc(-c4nc5c([nH]4)CCNC5C)c(C)cc3C)CC2)cc1. The van der Waals surface area contributed by atoms with Crippen LogP contribution in [0.2, 0.25) is 0 Å². The molecule has 1 aromatic heterocycles. The highest BCUT2D eigenvalue weighted by Crippen LogP contribution is 2.32. The quantitative estimate of drug-likeness (QED) is 0.584. The van der Waals surface area contributed by atoms with Crippen molar-refractivity contribution < 1.29 is 4.79 Å². The number of nitrogens with one attached hydrogen (secondary N) is 2. The summed E-state index contributed by atoms with van der Waals surface area (Å²) >= 11 is 0. The van der Waals surface area contributed by atoms with Crippen LogP contribution in [0, 0.1) is 20.8 Å². The van der Waals surface area contributed by atoms with Crippen LogP contribution in [0.4, 0.5) is 0 Å². The van der Waals surface area contributed by atoms with Crippen molar-refractivity contribution in [3.8, 4) is 11.4 Å². The Morgan fingerprint density at radius 3 is 2.45 bits per heavy atom. The monoisotopic (exact) mass is 442 g/mol. The average Bonchev–Trinajstić information content (AvgIpc) is 3.25. The van der Waals surface area contributed by atoms with Crippen molar-refractivity contribution >= 4 is 5.91 Å². The fourth-order valence-corrected chi connectivity index (χ4v) is 5.37. The molecule has 1 unspecified atom stereocenters. The third kappa shape index (κ3) is 4.22. The van der Waals surface area contributed by atoms with E-state index in [0.717, 1.165) is 72.7 Å². The van der Waals surface area contributed by atoms with Crippen molar-refractivity contribution in [2.45, 2.75) is 58.9 Å². The fraction of sp³-hybridized carbons (Fsp3) is 0.429. The van der Waals surface area contributed by atoms with Gasteiger partial charge in [-0.3, -0.25) is 4.79 Å². The van der Waals surface area contributed by atoms with E-state index in [0.29, 0.717) is 5.92 Å². The molecule has 2 aromatic carbocycles. The molecule has 0 bridgehead atoms. The minimum Gasteiger partial charge on any atom is -0.342 e. The van der Waals surface area contributed by atoms with Gasteiger partial charge >= 0.3 is 0 Å². The summed E-state index contributed by atoms with van der Waals surface area (Å²) in [5, 5.41) is 3.47. The van der Waals surface area contributed by atoms with Gasteiger partial charge in [-0.1, -0.05) is 35.9 Å². The molecule has 0 aliphatic carbocycles. The van der Waals surface area contributed by atoms with Crippen molar-refractivity contribution in [2.75, 3.05) is 19.6 Å². The number of aromatic nitrogens is 2. The third-order valence-corrected chi connectivity index (χ3v) is 7.43. The molecule has 0 spiro atoms. The van der Waals surface area contributed by atoms with Gasteiger partial charge in [0.25, 0.3) is 5.91 Å². The Labute approximate surface area is 196 Å². The number of imidazole rings is 1. The van der Waals surface area contributed by atoms with E-state index in [1.807, 2.05) is 11.8 Å². The lowest BCUT2D eigenvalue weighted by Crippen LogP contribution is -2.38. The molecule has 3 heterocycles. The van der Waals surface area contributed by atoms with Gasteiger partial charge in [0, 0.05) is 48.9 Å². The van der Waals surface area contributed by atoms with Crippen molar-refractivity contribution in [3.63, 3.8) is 0 Å². The molecule has 33 heavy (non-hydrogen) atoms. The highest BCUT2D eigenvalue weighted by Gasteiger charge is 2.27. The molecule has 5 nitrogen and oxygen atoms in total. The molecular formula is C28H34N4O. The van der Waals surface area contributed by atoms with Gasteiger partial charge in [0.2, 0.25) is 0 Å². The molecule has 1 amide bonds. The number of piperidine rings is 1. The van der Waals surface area contributed by atoms with Gasteiger partial charge < -0.3 is 15.2 Å². The van der Waals surface area contributed by atoms with Gasteiger partial charge in [-0.2, -0.15) is 0 Å². The van der Waals surface area contributed by atoms with Gasteiger partial charge in [-0.05, 0) is 69.2 Å². The first-order chi connectivity index (χ1) is 15.9. The predicted molar refractivity (Wildman–Crippen MR) is 133 cm³/mol. The molecule has 1 atom stereocenters. The number of aryl methyl sites for hydroxylation is 3. The van der Waals surface area contributed by atoms with E-state index in [9.17, 15) is 4.79 Å². The summed E-state index contributed by atoms with van der Waals surface area (Å²) in [5.74, 6) is 1.55. The Balaban J connectivity index is 1.36. The summed E-state index contributed by atoms with van der Waals surface area (Å²) < 4.78 is 0. The largest absolute Gasteiger partial charge is 0.342 e. The summed E-state index contributed by atoms with van der Waals surface area (Å²) in [5.41, 5.74) is 9.00. The molecule has 172 valence electrons. The molecule has 5 rings (SSSR count). The Morgan fingerprint density at radius 2 is 1.76 bits per heavy atom. The number of fused-ring (bicyclic) bond motifs is 1. The van der Waals surface area contributed by atoms with E-state index in [4.69, 9.17) is 4.98 Å². The number of likely N-dealkylation sites (tertiary alicyclic amines) is 1. The molecule has 0 saturated carbocycles. The van der Waals surface area contributed by atoms with Crippen molar-refractivity contribution in [2.24, 2.45) is 0 Å². The normalized spacial score (nSPS) is 18.9. The van der Waals surface area contributed by atoms with Crippen LogP contribution in [0.15, 0.2) is 36.4 Å². The van der Waals surface area contributed by atoms with Crippen molar-refractivity contribution in [1.29, 1.82) is 0 Å². The first kappa shape index (κ1) is 21.9. The van der Waals surface area contributed by atoms with Crippen LogP contribution in [0.5, 0.6) is 0 Å². The molecule has 0 radical (unpaired) electrons. The van der Waals surface area contributed by atoms with Crippen LogP contribution in [0.1, 0.15) is 75.7 Å². The number of rotatable bonds is 3. The van der Waals surface area contributed by atoms with Crippen LogP contribution in [-0.2, 0) is 6.42 Å². The summed E-state index contributed by atoms with van der Waals surface area (Å²) in [4.78, 5) is 24.0. The molecule has 2 aliphatic rings. The lowest BCUT2D eigenvalue weighted by atomic mass is 9.88. The van der Waals surface area contributed by atoms with Crippen molar-refractivity contribution in [1.82, 2.24) is 20.2 Å². The summed E-state index contributed by atoms with van der Waals surface area (Å²) in [7, 11) is 0. The third-order valence-electron chi connectivity index (χ3n) is 7.43. The second-order valence-corrected chi connectivity index (χ2v) is 9.83. The van der Waals surface area contributed by atoms with E-state index < -0.39 is 0 Å².